The van der Waals surface area contributed by atoms with E-state index < -0.39 is 7.12 Å². The van der Waals surface area contributed by atoms with Gasteiger partial charge in [-0.15, -0.1) is 0 Å². The van der Waals surface area contributed by atoms with Crippen molar-refractivity contribution in [2.24, 2.45) is 0 Å². The van der Waals surface area contributed by atoms with Crippen LogP contribution in [-0.4, -0.2) is 42.5 Å². The fraction of sp³-hybridized carbons (Fsp3) is 0.444. The van der Waals surface area contributed by atoms with Gasteiger partial charge >= 0.3 is 7.12 Å². The molecule has 1 rings (SSSR count). The lowest BCUT2D eigenvalue weighted by molar-refractivity contribution is 0.170. The highest BCUT2D eigenvalue weighted by Gasteiger charge is 2.10. The lowest BCUT2D eigenvalue weighted by Crippen LogP contribution is -2.29. The van der Waals surface area contributed by atoms with Gasteiger partial charge in [-0.25, -0.2) is 4.98 Å². The summed E-state index contributed by atoms with van der Waals surface area (Å²) in [6, 6.07) is 3.16. The Morgan fingerprint density at radius 2 is 2.13 bits per heavy atom. The molecule has 82 valence electrons. The average molecular weight is 211 g/mol. The van der Waals surface area contributed by atoms with E-state index >= 15 is 0 Å². The lowest BCUT2D eigenvalue weighted by Gasteiger charge is -2.05. The Morgan fingerprint density at radius 1 is 1.33 bits per heavy atom. The molecule has 1 heterocycles. The first-order valence-corrected chi connectivity index (χ1v) is 4.68. The normalized spacial score (nSPS) is 10.1. The predicted octanol–water partition coefficient (Wildman–Crippen LogP) is -0.823. The van der Waals surface area contributed by atoms with Gasteiger partial charge in [0.25, 0.3) is 0 Å². The molecule has 0 spiro atoms. The summed E-state index contributed by atoms with van der Waals surface area (Å²) in [5, 5.41) is 17.6. The number of rotatable bonds is 6. The van der Waals surface area contributed by atoms with Gasteiger partial charge in [-0.05, 0) is 6.07 Å². The van der Waals surface area contributed by atoms with E-state index in [-0.39, 0.29) is 0 Å². The van der Waals surface area contributed by atoms with Crippen LogP contribution in [-0.2, 0) is 4.74 Å². The Labute approximate surface area is 88.8 Å². The maximum Gasteiger partial charge on any atom is 0.490 e. The predicted molar refractivity (Wildman–Crippen MR) is 56.1 cm³/mol. The number of nitrogens with zero attached hydrogens (tertiary/aromatic N) is 1. The molecule has 6 heteroatoms. The largest absolute Gasteiger partial charge is 0.490 e. The Morgan fingerprint density at radius 3 is 2.67 bits per heavy atom. The van der Waals surface area contributed by atoms with E-state index in [2.05, 4.69) is 4.98 Å². The monoisotopic (exact) mass is 211 g/mol. The SMILES string of the molecule is COCCCOc1ccc(B(O)O)cn1. The first-order chi connectivity index (χ1) is 7.24. The standard InChI is InChI=1S/C9H14BNO4/c1-14-5-2-6-15-9-4-3-8(7-11-9)10(12)13/h3-4,7,12-13H,2,5-6H2,1H3. The van der Waals surface area contributed by atoms with Gasteiger partial charge < -0.3 is 19.5 Å². The van der Waals surface area contributed by atoms with Crippen LogP contribution in [0, 0.1) is 0 Å². The highest BCUT2D eigenvalue weighted by Crippen LogP contribution is 2.02. The zero-order valence-electron chi connectivity index (χ0n) is 8.59. The summed E-state index contributed by atoms with van der Waals surface area (Å²) in [7, 11) is 0.149. The van der Waals surface area contributed by atoms with Crippen LogP contribution >= 0.6 is 0 Å². The number of ether oxygens (including phenoxy) is 2. The third-order valence-electron chi connectivity index (χ3n) is 1.80. The minimum Gasteiger partial charge on any atom is -0.478 e. The lowest BCUT2D eigenvalue weighted by atomic mass is 9.82. The van der Waals surface area contributed by atoms with Gasteiger partial charge in [0.1, 0.15) is 0 Å². The van der Waals surface area contributed by atoms with Crippen LogP contribution in [0.2, 0.25) is 0 Å². The molecule has 1 aromatic rings. The molecule has 15 heavy (non-hydrogen) atoms. The summed E-state index contributed by atoms with van der Waals surface area (Å²) in [4.78, 5) is 3.91. The highest BCUT2D eigenvalue weighted by atomic mass is 16.5. The van der Waals surface area contributed by atoms with E-state index in [1.165, 1.54) is 6.20 Å². The second kappa shape index (κ2) is 6.39. The van der Waals surface area contributed by atoms with E-state index in [0.717, 1.165) is 6.42 Å². The number of methoxy groups -OCH3 is 1. The number of hydrogen-bond donors (Lipinski definition) is 2. The number of pyridine rings is 1. The van der Waals surface area contributed by atoms with Crippen LogP contribution in [0.15, 0.2) is 18.3 Å². The third kappa shape index (κ3) is 4.29. The molecule has 0 saturated heterocycles. The fourth-order valence-corrected chi connectivity index (χ4v) is 1.01. The van der Waals surface area contributed by atoms with Crippen LogP contribution in [0.4, 0.5) is 0 Å². The maximum absolute atomic E-state index is 8.82. The minimum absolute atomic E-state index is 0.347. The molecule has 5 nitrogen and oxygen atoms in total. The van der Waals surface area contributed by atoms with Crippen LogP contribution in [0.3, 0.4) is 0 Å². The van der Waals surface area contributed by atoms with Crippen molar-refractivity contribution in [3.05, 3.63) is 18.3 Å². The molecule has 0 fully saturated rings. The first-order valence-electron chi connectivity index (χ1n) is 4.68. The van der Waals surface area contributed by atoms with Crippen molar-refractivity contribution < 1.29 is 19.5 Å². The van der Waals surface area contributed by atoms with Crippen LogP contribution in [0.5, 0.6) is 5.88 Å². The molecule has 0 atom stereocenters. The topological polar surface area (TPSA) is 71.8 Å². The Balaban J connectivity index is 2.36. The van der Waals surface area contributed by atoms with Crippen molar-refractivity contribution in [3.63, 3.8) is 0 Å². The van der Waals surface area contributed by atoms with Crippen LogP contribution in [0.1, 0.15) is 6.42 Å². The zero-order chi connectivity index (χ0) is 11.1. The number of aromatic nitrogens is 1. The van der Waals surface area contributed by atoms with E-state index in [1.54, 1.807) is 19.2 Å². The molecule has 0 unspecified atom stereocenters. The molecule has 0 amide bonds. The summed E-state index contributed by atoms with van der Waals surface area (Å²) in [5.41, 5.74) is 0.347. The molecule has 0 radical (unpaired) electrons. The average Bonchev–Trinajstić information content (AvgIpc) is 2.25. The molecule has 0 saturated carbocycles. The van der Waals surface area contributed by atoms with E-state index in [1.807, 2.05) is 0 Å². The Hall–Kier alpha value is -1.11. The molecule has 0 aliphatic heterocycles. The van der Waals surface area contributed by atoms with Crippen molar-refractivity contribution in [2.75, 3.05) is 20.3 Å². The molecular formula is C9H14BNO4. The molecule has 0 aromatic carbocycles. The van der Waals surface area contributed by atoms with Gasteiger partial charge in [-0.3, -0.25) is 0 Å². The quantitative estimate of drug-likeness (QED) is 0.475. The molecule has 1 aromatic heterocycles. The maximum atomic E-state index is 8.82. The molecule has 0 aliphatic rings. The fourth-order valence-electron chi connectivity index (χ4n) is 1.01. The summed E-state index contributed by atoms with van der Waals surface area (Å²) in [5.74, 6) is 0.468. The first kappa shape index (κ1) is 12.0. The summed E-state index contributed by atoms with van der Waals surface area (Å²) in [6.45, 7) is 1.18. The third-order valence-corrected chi connectivity index (χ3v) is 1.80. The van der Waals surface area contributed by atoms with Gasteiger partial charge in [0.05, 0.1) is 6.61 Å². The van der Waals surface area contributed by atoms with E-state index in [0.29, 0.717) is 24.6 Å². The van der Waals surface area contributed by atoms with Crippen LogP contribution in [0.25, 0.3) is 0 Å². The molecule has 0 aliphatic carbocycles. The van der Waals surface area contributed by atoms with Gasteiger partial charge in [0.15, 0.2) is 0 Å². The van der Waals surface area contributed by atoms with Gasteiger partial charge in [0, 0.05) is 31.8 Å². The number of hydrogen-bond acceptors (Lipinski definition) is 5. The molecular weight excluding hydrogens is 197 g/mol. The van der Waals surface area contributed by atoms with Crippen LogP contribution < -0.4 is 10.2 Å². The second-order valence-corrected chi connectivity index (χ2v) is 3.00. The zero-order valence-corrected chi connectivity index (χ0v) is 8.59. The second-order valence-electron chi connectivity index (χ2n) is 3.00. The Kier molecular flexibility index (Phi) is 5.10. The molecule has 0 bridgehead atoms. The van der Waals surface area contributed by atoms with Crippen molar-refractivity contribution in [3.8, 4) is 5.88 Å². The highest BCUT2D eigenvalue weighted by molar-refractivity contribution is 6.58. The van der Waals surface area contributed by atoms with Gasteiger partial charge in [-0.1, -0.05) is 6.07 Å². The van der Waals surface area contributed by atoms with Crippen molar-refractivity contribution in [1.82, 2.24) is 4.98 Å². The van der Waals surface area contributed by atoms with E-state index in [9.17, 15) is 0 Å². The van der Waals surface area contributed by atoms with Gasteiger partial charge in [-0.2, -0.15) is 0 Å². The van der Waals surface area contributed by atoms with Crippen molar-refractivity contribution >= 4 is 12.6 Å². The summed E-state index contributed by atoms with van der Waals surface area (Å²) >= 11 is 0. The van der Waals surface area contributed by atoms with E-state index in [4.69, 9.17) is 19.5 Å². The van der Waals surface area contributed by atoms with Crippen molar-refractivity contribution in [2.45, 2.75) is 6.42 Å². The molecule has 2 N–H and O–H groups in total. The summed E-state index contributed by atoms with van der Waals surface area (Å²) < 4.78 is 10.2. The van der Waals surface area contributed by atoms with Crippen molar-refractivity contribution in [1.29, 1.82) is 0 Å². The minimum atomic E-state index is -1.49. The summed E-state index contributed by atoms with van der Waals surface area (Å²) in [6.07, 6.45) is 2.17. The Bertz CT molecular complexity index is 278. The van der Waals surface area contributed by atoms with Gasteiger partial charge in [0.2, 0.25) is 5.88 Å². The smallest absolute Gasteiger partial charge is 0.478 e.